The van der Waals surface area contributed by atoms with Crippen LogP contribution in [0.1, 0.15) is 12.8 Å². The van der Waals surface area contributed by atoms with Crippen molar-refractivity contribution < 1.29 is 4.74 Å². The van der Waals surface area contributed by atoms with Crippen molar-refractivity contribution in [2.75, 3.05) is 25.5 Å². The van der Waals surface area contributed by atoms with Gasteiger partial charge < -0.3 is 15.4 Å². The Labute approximate surface area is 151 Å². The first kappa shape index (κ1) is 15.6. The van der Waals surface area contributed by atoms with Gasteiger partial charge in [0.25, 0.3) is 0 Å². The van der Waals surface area contributed by atoms with Gasteiger partial charge in [0, 0.05) is 31.4 Å². The normalized spacial score (nSPS) is 22.7. The molecule has 0 aromatic carbocycles. The second kappa shape index (κ2) is 6.25. The second-order valence-corrected chi connectivity index (χ2v) is 7.14. The predicted molar refractivity (Wildman–Crippen MR) is 99.3 cm³/mol. The van der Waals surface area contributed by atoms with Gasteiger partial charge in [0.05, 0.1) is 31.4 Å². The summed E-state index contributed by atoms with van der Waals surface area (Å²) in [6.07, 6.45) is 10.1. The van der Waals surface area contributed by atoms with E-state index in [0.717, 1.165) is 47.6 Å². The molecule has 7 heteroatoms. The highest BCUT2D eigenvalue weighted by Gasteiger charge is 2.39. The van der Waals surface area contributed by atoms with E-state index in [-0.39, 0.29) is 0 Å². The van der Waals surface area contributed by atoms with Crippen molar-refractivity contribution in [2.24, 2.45) is 11.8 Å². The van der Waals surface area contributed by atoms with Gasteiger partial charge in [-0.1, -0.05) is 0 Å². The van der Waals surface area contributed by atoms with E-state index in [2.05, 4.69) is 20.6 Å². The van der Waals surface area contributed by atoms with Crippen LogP contribution in [0.3, 0.4) is 0 Å². The second-order valence-electron chi connectivity index (χ2n) is 7.14. The van der Waals surface area contributed by atoms with Crippen molar-refractivity contribution >= 4 is 11.5 Å². The molecular weight excluding hydrogens is 328 g/mol. The molecule has 26 heavy (non-hydrogen) atoms. The molecule has 3 aromatic rings. The lowest BCUT2D eigenvalue weighted by Crippen LogP contribution is -2.30. The smallest absolute Gasteiger partial charge is 0.145 e. The fourth-order valence-electron chi connectivity index (χ4n) is 3.90. The predicted octanol–water partition coefficient (Wildman–Crippen LogP) is 2.21. The van der Waals surface area contributed by atoms with E-state index in [9.17, 15) is 0 Å². The van der Waals surface area contributed by atoms with E-state index in [4.69, 9.17) is 9.72 Å². The molecule has 3 aromatic heterocycles. The molecule has 1 aliphatic heterocycles. The van der Waals surface area contributed by atoms with E-state index in [0.29, 0.717) is 12.0 Å². The van der Waals surface area contributed by atoms with Crippen LogP contribution in [0.25, 0.3) is 17.0 Å². The van der Waals surface area contributed by atoms with Gasteiger partial charge in [0.1, 0.15) is 22.9 Å². The number of nitrogens with one attached hydrogen (secondary N) is 2. The highest BCUT2D eigenvalue weighted by molar-refractivity contribution is 5.61. The van der Waals surface area contributed by atoms with Gasteiger partial charge in [-0.3, -0.25) is 9.38 Å². The lowest BCUT2D eigenvalue weighted by molar-refractivity contribution is 0.414. The molecule has 0 amide bonds. The number of imidazole rings is 1. The number of hydrogen-bond acceptors (Lipinski definition) is 6. The average Bonchev–Trinajstić information content (AvgIpc) is 3.26. The summed E-state index contributed by atoms with van der Waals surface area (Å²) in [6, 6.07) is 4.25. The summed E-state index contributed by atoms with van der Waals surface area (Å²) in [6.45, 7) is 2.09. The fraction of sp³-hybridized carbons (Fsp3) is 0.421. The van der Waals surface area contributed by atoms with Gasteiger partial charge in [-0.25, -0.2) is 9.97 Å². The summed E-state index contributed by atoms with van der Waals surface area (Å²) in [5.41, 5.74) is 2.55. The highest BCUT2D eigenvalue weighted by atomic mass is 16.5. The fourth-order valence-corrected chi connectivity index (χ4v) is 3.90. The molecular formula is C19H22N6O. The molecule has 7 nitrogen and oxygen atoms in total. The van der Waals surface area contributed by atoms with Crippen LogP contribution in [-0.2, 0) is 0 Å². The van der Waals surface area contributed by atoms with Crippen LogP contribution in [0.15, 0.2) is 36.9 Å². The molecule has 0 bridgehead atoms. The monoisotopic (exact) mass is 350 g/mol. The third kappa shape index (κ3) is 2.78. The van der Waals surface area contributed by atoms with E-state index in [1.54, 1.807) is 19.5 Å². The van der Waals surface area contributed by atoms with E-state index >= 15 is 0 Å². The minimum absolute atomic E-state index is 0.429. The van der Waals surface area contributed by atoms with Crippen molar-refractivity contribution in [3.63, 3.8) is 0 Å². The molecule has 0 radical (unpaired) electrons. The summed E-state index contributed by atoms with van der Waals surface area (Å²) in [5, 5.41) is 7.10. The molecule has 134 valence electrons. The van der Waals surface area contributed by atoms with Crippen LogP contribution >= 0.6 is 0 Å². The highest BCUT2D eigenvalue weighted by Crippen LogP contribution is 2.40. The maximum atomic E-state index is 5.27. The number of fused-ring (bicyclic) bond motifs is 1. The number of anilines is 1. The van der Waals surface area contributed by atoms with E-state index < -0.39 is 0 Å². The Bertz CT molecular complexity index is 935. The lowest BCUT2D eigenvalue weighted by atomic mass is 9.98. The van der Waals surface area contributed by atoms with Crippen molar-refractivity contribution in [1.82, 2.24) is 24.7 Å². The van der Waals surface area contributed by atoms with Gasteiger partial charge >= 0.3 is 0 Å². The molecule has 2 aliphatic rings. The molecule has 4 heterocycles. The van der Waals surface area contributed by atoms with Crippen molar-refractivity contribution in [2.45, 2.75) is 18.9 Å². The Balaban J connectivity index is 1.43. The van der Waals surface area contributed by atoms with Gasteiger partial charge in [0.2, 0.25) is 0 Å². The Kier molecular flexibility index (Phi) is 3.74. The third-order valence-electron chi connectivity index (χ3n) is 5.44. The van der Waals surface area contributed by atoms with E-state index in [1.165, 1.54) is 12.8 Å². The van der Waals surface area contributed by atoms with Crippen LogP contribution in [0.4, 0.5) is 5.82 Å². The van der Waals surface area contributed by atoms with Gasteiger partial charge in [-0.15, -0.1) is 0 Å². The third-order valence-corrected chi connectivity index (χ3v) is 5.44. The Morgan fingerprint density at radius 1 is 1.23 bits per heavy atom. The zero-order valence-electron chi connectivity index (χ0n) is 14.7. The maximum Gasteiger partial charge on any atom is 0.145 e. The van der Waals surface area contributed by atoms with Crippen LogP contribution in [0, 0.1) is 11.8 Å². The largest absolute Gasteiger partial charge is 0.497 e. The first-order valence-corrected chi connectivity index (χ1v) is 9.12. The quantitative estimate of drug-likeness (QED) is 0.735. The zero-order chi connectivity index (χ0) is 17.5. The molecule has 2 atom stereocenters. The number of ether oxygens (including phenoxy) is 1. The summed E-state index contributed by atoms with van der Waals surface area (Å²) in [4.78, 5) is 13.7. The number of methoxy groups -OCH3 is 1. The minimum Gasteiger partial charge on any atom is -0.497 e. The van der Waals surface area contributed by atoms with E-state index in [1.807, 2.05) is 28.9 Å². The van der Waals surface area contributed by atoms with Crippen LogP contribution < -0.4 is 15.4 Å². The first-order chi connectivity index (χ1) is 12.8. The Hall–Kier alpha value is -2.67. The Morgan fingerprint density at radius 2 is 2.15 bits per heavy atom. The molecule has 5 rings (SSSR count). The SMILES string of the molecule is COc1ccn2c(-c3cncc(N[C@H]4CNC[C@H]4C4CC4)n3)cnc2c1. The van der Waals surface area contributed by atoms with Crippen molar-refractivity contribution in [3.8, 4) is 17.1 Å². The Morgan fingerprint density at radius 3 is 3.00 bits per heavy atom. The first-order valence-electron chi connectivity index (χ1n) is 9.12. The minimum atomic E-state index is 0.429. The van der Waals surface area contributed by atoms with Crippen LogP contribution in [-0.4, -0.2) is 45.6 Å². The number of aromatic nitrogens is 4. The topological polar surface area (TPSA) is 76.4 Å². The average molecular weight is 350 g/mol. The molecule has 1 saturated heterocycles. The number of rotatable bonds is 5. The zero-order valence-corrected chi connectivity index (χ0v) is 14.7. The number of pyridine rings is 1. The van der Waals surface area contributed by atoms with Crippen molar-refractivity contribution in [3.05, 3.63) is 36.9 Å². The number of hydrogen-bond donors (Lipinski definition) is 2. The van der Waals surface area contributed by atoms with Gasteiger partial charge in [0.15, 0.2) is 0 Å². The molecule has 2 N–H and O–H groups in total. The molecule has 1 saturated carbocycles. The van der Waals surface area contributed by atoms with Gasteiger partial charge in [-0.2, -0.15) is 0 Å². The molecule has 1 aliphatic carbocycles. The maximum absolute atomic E-state index is 5.27. The van der Waals surface area contributed by atoms with Crippen LogP contribution in [0.5, 0.6) is 5.75 Å². The van der Waals surface area contributed by atoms with Crippen LogP contribution in [0.2, 0.25) is 0 Å². The van der Waals surface area contributed by atoms with Crippen molar-refractivity contribution in [1.29, 1.82) is 0 Å². The molecule has 2 fully saturated rings. The molecule has 0 unspecified atom stereocenters. The summed E-state index contributed by atoms with van der Waals surface area (Å²) in [7, 11) is 1.66. The standard InChI is InChI=1S/C19H22N6O/c1-26-13-4-5-25-17(10-22-19(25)6-13)16-9-21-11-18(24-16)23-15-8-20-7-14(15)12-2-3-12/h4-6,9-12,14-15,20H,2-3,7-8H2,1H3,(H,23,24)/t14-,15-/m0/s1. The molecule has 0 spiro atoms. The summed E-state index contributed by atoms with van der Waals surface area (Å²) >= 11 is 0. The van der Waals surface area contributed by atoms with Gasteiger partial charge in [-0.05, 0) is 30.7 Å². The number of nitrogens with zero attached hydrogens (tertiary/aromatic N) is 4. The lowest BCUT2D eigenvalue weighted by Gasteiger charge is -2.20. The summed E-state index contributed by atoms with van der Waals surface area (Å²) in [5.74, 6) is 3.18. The summed E-state index contributed by atoms with van der Waals surface area (Å²) < 4.78 is 7.27.